The first-order valence-electron chi connectivity index (χ1n) is 5.84. The summed E-state index contributed by atoms with van der Waals surface area (Å²) in [7, 11) is 0. The molecular weight excluding hydrogens is 228 g/mol. The molecule has 1 atom stereocenters. The zero-order chi connectivity index (χ0) is 12.8. The standard InChI is InChI=1S/C12H16N6/c1-9(2-3-10-4-6-14-7-5-10)17-12-16-8-15-11(13)18-12/h4-9H,2-3H2,1H3,(H3,13,15,16,17,18). The zero-order valence-electron chi connectivity index (χ0n) is 10.2. The number of hydrogen-bond donors (Lipinski definition) is 2. The molecular formula is C12H16N6. The lowest BCUT2D eigenvalue weighted by Gasteiger charge is -2.13. The molecule has 0 saturated heterocycles. The molecule has 0 aliphatic carbocycles. The van der Waals surface area contributed by atoms with Crippen molar-refractivity contribution in [3.63, 3.8) is 0 Å². The van der Waals surface area contributed by atoms with Crippen LogP contribution in [0.15, 0.2) is 30.9 Å². The number of pyridine rings is 1. The second-order valence-corrected chi connectivity index (χ2v) is 4.11. The van der Waals surface area contributed by atoms with Crippen molar-refractivity contribution in [2.45, 2.75) is 25.8 Å². The van der Waals surface area contributed by atoms with E-state index in [4.69, 9.17) is 5.73 Å². The van der Waals surface area contributed by atoms with Gasteiger partial charge in [0.15, 0.2) is 0 Å². The third-order valence-corrected chi connectivity index (χ3v) is 2.58. The molecule has 3 N–H and O–H groups in total. The van der Waals surface area contributed by atoms with Gasteiger partial charge in [-0.1, -0.05) is 0 Å². The summed E-state index contributed by atoms with van der Waals surface area (Å²) < 4.78 is 0. The molecule has 0 aliphatic heterocycles. The van der Waals surface area contributed by atoms with Gasteiger partial charge in [-0.3, -0.25) is 4.98 Å². The van der Waals surface area contributed by atoms with E-state index < -0.39 is 0 Å². The van der Waals surface area contributed by atoms with Crippen molar-refractivity contribution in [2.75, 3.05) is 11.1 Å². The van der Waals surface area contributed by atoms with Crippen LogP contribution in [-0.4, -0.2) is 26.0 Å². The number of nitrogen functional groups attached to an aromatic ring is 1. The lowest BCUT2D eigenvalue weighted by molar-refractivity contribution is 0.697. The van der Waals surface area contributed by atoms with Crippen LogP contribution in [0.1, 0.15) is 18.9 Å². The molecule has 0 aromatic carbocycles. The van der Waals surface area contributed by atoms with E-state index >= 15 is 0 Å². The molecule has 6 heteroatoms. The summed E-state index contributed by atoms with van der Waals surface area (Å²) in [5.41, 5.74) is 6.76. The molecule has 0 radical (unpaired) electrons. The highest BCUT2D eigenvalue weighted by Gasteiger charge is 2.05. The molecule has 2 rings (SSSR count). The summed E-state index contributed by atoms with van der Waals surface area (Å²) in [4.78, 5) is 15.8. The second-order valence-electron chi connectivity index (χ2n) is 4.11. The Hall–Kier alpha value is -2.24. The van der Waals surface area contributed by atoms with Crippen molar-refractivity contribution in [1.82, 2.24) is 19.9 Å². The minimum Gasteiger partial charge on any atom is -0.368 e. The molecule has 0 saturated carbocycles. The first-order chi connectivity index (χ1) is 8.74. The lowest BCUT2D eigenvalue weighted by Crippen LogP contribution is -2.18. The maximum absolute atomic E-state index is 5.49. The first-order valence-corrected chi connectivity index (χ1v) is 5.84. The molecule has 0 amide bonds. The topological polar surface area (TPSA) is 89.6 Å². The molecule has 2 aromatic rings. The fourth-order valence-corrected chi connectivity index (χ4v) is 1.60. The van der Waals surface area contributed by atoms with Crippen molar-refractivity contribution < 1.29 is 0 Å². The number of nitrogens with one attached hydrogen (secondary N) is 1. The Kier molecular flexibility index (Phi) is 4.01. The van der Waals surface area contributed by atoms with Gasteiger partial charge < -0.3 is 11.1 Å². The van der Waals surface area contributed by atoms with E-state index in [-0.39, 0.29) is 12.0 Å². The Morgan fingerprint density at radius 2 is 2.06 bits per heavy atom. The third-order valence-electron chi connectivity index (χ3n) is 2.58. The van der Waals surface area contributed by atoms with Crippen LogP contribution in [0.3, 0.4) is 0 Å². The van der Waals surface area contributed by atoms with Crippen molar-refractivity contribution in [1.29, 1.82) is 0 Å². The van der Waals surface area contributed by atoms with Gasteiger partial charge in [-0.05, 0) is 37.5 Å². The fourth-order valence-electron chi connectivity index (χ4n) is 1.60. The number of hydrogen-bond acceptors (Lipinski definition) is 6. The zero-order valence-corrected chi connectivity index (χ0v) is 10.2. The molecule has 0 spiro atoms. The molecule has 0 fully saturated rings. The molecule has 0 aliphatic rings. The maximum atomic E-state index is 5.49. The average Bonchev–Trinajstić information content (AvgIpc) is 2.38. The van der Waals surface area contributed by atoms with Crippen LogP contribution >= 0.6 is 0 Å². The summed E-state index contributed by atoms with van der Waals surface area (Å²) in [6.07, 6.45) is 6.98. The summed E-state index contributed by atoms with van der Waals surface area (Å²) in [5.74, 6) is 0.749. The van der Waals surface area contributed by atoms with Crippen LogP contribution < -0.4 is 11.1 Å². The maximum Gasteiger partial charge on any atom is 0.227 e. The molecule has 6 nitrogen and oxygen atoms in total. The third kappa shape index (κ3) is 3.65. The Bertz CT molecular complexity index is 487. The molecule has 2 aromatic heterocycles. The Morgan fingerprint density at radius 3 is 2.78 bits per heavy atom. The van der Waals surface area contributed by atoms with Gasteiger partial charge in [0.25, 0.3) is 0 Å². The van der Waals surface area contributed by atoms with Gasteiger partial charge in [0, 0.05) is 18.4 Å². The Morgan fingerprint density at radius 1 is 1.28 bits per heavy atom. The predicted molar refractivity (Wildman–Crippen MR) is 69.9 cm³/mol. The molecule has 0 bridgehead atoms. The average molecular weight is 244 g/mol. The molecule has 18 heavy (non-hydrogen) atoms. The molecule has 94 valence electrons. The van der Waals surface area contributed by atoms with Crippen molar-refractivity contribution in [3.05, 3.63) is 36.4 Å². The molecule has 2 heterocycles. The Balaban J connectivity index is 1.84. The van der Waals surface area contributed by atoms with Gasteiger partial charge >= 0.3 is 0 Å². The fraction of sp³-hybridized carbons (Fsp3) is 0.333. The highest BCUT2D eigenvalue weighted by atomic mass is 15.2. The molecule has 1 unspecified atom stereocenters. The van der Waals surface area contributed by atoms with E-state index in [1.165, 1.54) is 11.9 Å². The van der Waals surface area contributed by atoms with Gasteiger partial charge in [-0.25, -0.2) is 9.97 Å². The smallest absolute Gasteiger partial charge is 0.227 e. The quantitative estimate of drug-likeness (QED) is 0.823. The van der Waals surface area contributed by atoms with E-state index in [1.54, 1.807) is 12.4 Å². The van der Waals surface area contributed by atoms with Gasteiger partial charge in [0.05, 0.1) is 0 Å². The van der Waals surface area contributed by atoms with E-state index in [0.29, 0.717) is 5.95 Å². The van der Waals surface area contributed by atoms with E-state index in [1.807, 2.05) is 12.1 Å². The van der Waals surface area contributed by atoms with Crippen LogP contribution in [0.4, 0.5) is 11.9 Å². The van der Waals surface area contributed by atoms with Gasteiger partial charge in [-0.2, -0.15) is 4.98 Å². The van der Waals surface area contributed by atoms with Gasteiger partial charge in [0.2, 0.25) is 11.9 Å². The van der Waals surface area contributed by atoms with Crippen LogP contribution in [-0.2, 0) is 6.42 Å². The summed E-state index contributed by atoms with van der Waals surface area (Å²) >= 11 is 0. The van der Waals surface area contributed by atoms with E-state index in [0.717, 1.165) is 12.8 Å². The highest BCUT2D eigenvalue weighted by molar-refractivity contribution is 5.29. The van der Waals surface area contributed by atoms with Crippen LogP contribution in [0.2, 0.25) is 0 Å². The number of anilines is 2. The van der Waals surface area contributed by atoms with Crippen LogP contribution in [0, 0.1) is 0 Å². The Labute approximate surface area is 106 Å². The number of nitrogens with zero attached hydrogens (tertiary/aromatic N) is 4. The van der Waals surface area contributed by atoms with Crippen molar-refractivity contribution >= 4 is 11.9 Å². The lowest BCUT2D eigenvalue weighted by atomic mass is 10.1. The van der Waals surface area contributed by atoms with Crippen LogP contribution in [0.5, 0.6) is 0 Å². The second kappa shape index (κ2) is 5.90. The number of aromatic nitrogens is 4. The normalized spacial score (nSPS) is 12.1. The summed E-state index contributed by atoms with van der Waals surface area (Å²) in [5, 5.41) is 3.20. The van der Waals surface area contributed by atoms with E-state index in [2.05, 4.69) is 32.2 Å². The monoisotopic (exact) mass is 244 g/mol. The number of aryl methyl sites for hydroxylation is 1. The highest BCUT2D eigenvalue weighted by Crippen LogP contribution is 2.07. The van der Waals surface area contributed by atoms with Gasteiger partial charge in [0.1, 0.15) is 6.33 Å². The summed E-state index contributed by atoms with van der Waals surface area (Å²) in [6, 6.07) is 4.31. The number of rotatable bonds is 5. The largest absolute Gasteiger partial charge is 0.368 e. The minimum absolute atomic E-state index is 0.230. The minimum atomic E-state index is 0.230. The first kappa shape index (κ1) is 12.2. The SMILES string of the molecule is CC(CCc1ccncc1)Nc1ncnc(N)n1. The van der Waals surface area contributed by atoms with Gasteiger partial charge in [-0.15, -0.1) is 0 Å². The number of nitrogens with two attached hydrogens (primary N) is 1. The van der Waals surface area contributed by atoms with Crippen molar-refractivity contribution in [2.24, 2.45) is 0 Å². The summed E-state index contributed by atoms with van der Waals surface area (Å²) in [6.45, 7) is 2.08. The van der Waals surface area contributed by atoms with Crippen LogP contribution in [0.25, 0.3) is 0 Å². The van der Waals surface area contributed by atoms with E-state index in [9.17, 15) is 0 Å². The predicted octanol–water partition coefficient (Wildman–Crippen LogP) is 1.28. The van der Waals surface area contributed by atoms with Crippen molar-refractivity contribution in [3.8, 4) is 0 Å².